The quantitative estimate of drug-likeness (QED) is 0.280. The maximum Gasteiger partial charge on any atom is 0.267 e. The molecule has 0 fully saturated rings. The summed E-state index contributed by atoms with van der Waals surface area (Å²) < 4.78 is 7.06. The molecule has 1 unspecified atom stereocenters. The second-order valence-corrected chi connectivity index (χ2v) is 8.64. The zero-order chi connectivity index (χ0) is 22.1. The number of benzene rings is 2. The van der Waals surface area contributed by atoms with E-state index in [0.717, 1.165) is 11.1 Å². The molecule has 158 valence electrons. The van der Waals surface area contributed by atoms with E-state index >= 15 is 0 Å². The normalized spacial score (nSPS) is 12.2. The van der Waals surface area contributed by atoms with Gasteiger partial charge in [-0.15, -0.1) is 0 Å². The molecule has 1 atom stereocenters. The summed E-state index contributed by atoms with van der Waals surface area (Å²) in [5, 5.41) is 4.92. The molecule has 0 aliphatic rings. The first-order valence-electron chi connectivity index (χ1n) is 10.1. The number of fused-ring (bicyclic) bond motifs is 1. The molecule has 0 spiro atoms. The number of pyridine rings is 1. The number of thioether (sulfide) groups is 1. The fraction of sp³-hybridized carbons (Fsp3) is 0.125. The van der Waals surface area contributed by atoms with Gasteiger partial charge < -0.3 is 4.52 Å². The molecule has 2 aromatic carbocycles. The van der Waals surface area contributed by atoms with Crippen LogP contribution in [0.3, 0.4) is 0 Å². The van der Waals surface area contributed by atoms with E-state index in [1.807, 2.05) is 74.5 Å². The number of aryl methyl sites for hydroxylation is 1. The molecule has 3 heterocycles. The van der Waals surface area contributed by atoms with Crippen LogP contribution < -0.4 is 5.56 Å². The molecule has 3 aromatic heterocycles. The summed E-state index contributed by atoms with van der Waals surface area (Å²) in [5.74, 6) is 1.50. The summed E-state index contributed by atoms with van der Waals surface area (Å²) in [6.45, 7) is 3.90. The van der Waals surface area contributed by atoms with Gasteiger partial charge in [-0.25, -0.2) is 14.5 Å². The third-order valence-electron chi connectivity index (χ3n) is 4.97. The molecule has 0 aliphatic heterocycles. The third kappa shape index (κ3) is 3.80. The van der Waals surface area contributed by atoms with Crippen molar-refractivity contribution in [1.29, 1.82) is 0 Å². The van der Waals surface area contributed by atoms with Gasteiger partial charge in [-0.3, -0.25) is 4.79 Å². The summed E-state index contributed by atoms with van der Waals surface area (Å²) in [4.78, 5) is 27.1. The fourth-order valence-electron chi connectivity index (χ4n) is 3.30. The van der Waals surface area contributed by atoms with Gasteiger partial charge in [0.25, 0.3) is 5.56 Å². The van der Waals surface area contributed by atoms with E-state index in [1.165, 1.54) is 16.3 Å². The number of nitrogens with zero attached hydrogens (tertiary/aromatic N) is 5. The van der Waals surface area contributed by atoms with Crippen molar-refractivity contribution in [3.05, 3.63) is 94.7 Å². The molecular weight excluding hydrogens is 422 g/mol. The largest absolute Gasteiger partial charge is 0.338 e. The maximum atomic E-state index is 13.4. The van der Waals surface area contributed by atoms with E-state index in [-0.39, 0.29) is 10.8 Å². The monoisotopic (exact) mass is 441 g/mol. The summed E-state index contributed by atoms with van der Waals surface area (Å²) in [6.07, 6.45) is 1.74. The van der Waals surface area contributed by atoms with E-state index < -0.39 is 0 Å². The molecule has 0 amide bonds. The topological polar surface area (TPSA) is 86.7 Å². The highest BCUT2D eigenvalue weighted by Gasteiger charge is 2.21. The number of hydrogen-bond acceptors (Lipinski definition) is 7. The van der Waals surface area contributed by atoms with Gasteiger partial charge in [0.15, 0.2) is 5.16 Å². The van der Waals surface area contributed by atoms with Crippen LogP contribution in [0.4, 0.5) is 0 Å². The Hall–Kier alpha value is -3.78. The second-order valence-electron chi connectivity index (χ2n) is 7.33. The van der Waals surface area contributed by atoms with Gasteiger partial charge in [-0.05, 0) is 37.6 Å². The number of para-hydroxylation sites is 1. The lowest BCUT2D eigenvalue weighted by atomic mass is 10.2. The molecule has 0 radical (unpaired) electrons. The minimum atomic E-state index is -0.232. The number of aromatic nitrogens is 5. The summed E-state index contributed by atoms with van der Waals surface area (Å²) in [5.41, 5.74) is 2.35. The smallest absolute Gasteiger partial charge is 0.267 e. The van der Waals surface area contributed by atoms with Gasteiger partial charge >= 0.3 is 0 Å². The minimum Gasteiger partial charge on any atom is -0.338 e. The van der Waals surface area contributed by atoms with Crippen molar-refractivity contribution in [2.75, 3.05) is 0 Å². The molecule has 5 rings (SSSR count). The standard InChI is InChI=1S/C24H19N5O2S/c1-15-12-13-20(25-14-15)29-23(30)18-10-6-7-11-19(18)26-24(29)32-16(2)22-27-21(28-31-22)17-8-4-3-5-9-17/h3-14,16H,1-2H3. The van der Waals surface area contributed by atoms with E-state index in [9.17, 15) is 4.79 Å². The second kappa shape index (κ2) is 8.39. The lowest BCUT2D eigenvalue weighted by Crippen LogP contribution is -2.22. The molecule has 7 nitrogen and oxygen atoms in total. The Labute approximate surface area is 188 Å². The zero-order valence-electron chi connectivity index (χ0n) is 17.5. The molecule has 32 heavy (non-hydrogen) atoms. The molecule has 0 aliphatic carbocycles. The Morgan fingerprint density at radius 2 is 1.75 bits per heavy atom. The van der Waals surface area contributed by atoms with Gasteiger partial charge in [0.05, 0.1) is 16.2 Å². The van der Waals surface area contributed by atoms with Crippen LogP contribution in [0.2, 0.25) is 0 Å². The lowest BCUT2D eigenvalue weighted by Gasteiger charge is -2.14. The Morgan fingerprint density at radius 3 is 2.53 bits per heavy atom. The first-order chi connectivity index (χ1) is 15.6. The third-order valence-corrected chi connectivity index (χ3v) is 6.01. The van der Waals surface area contributed by atoms with Crippen LogP contribution in [0.25, 0.3) is 28.1 Å². The highest BCUT2D eigenvalue weighted by Crippen LogP contribution is 2.34. The average molecular weight is 442 g/mol. The Bertz CT molecular complexity index is 1450. The summed E-state index contributed by atoms with van der Waals surface area (Å²) in [7, 11) is 0. The number of rotatable bonds is 5. The lowest BCUT2D eigenvalue weighted by molar-refractivity contribution is 0.380. The van der Waals surface area contributed by atoms with Crippen molar-refractivity contribution >= 4 is 22.7 Å². The van der Waals surface area contributed by atoms with Crippen LogP contribution >= 0.6 is 11.8 Å². The van der Waals surface area contributed by atoms with Crippen LogP contribution in [0.15, 0.2) is 87.4 Å². The highest BCUT2D eigenvalue weighted by molar-refractivity contribution is 7.99. The van der Waals surface area contributed by atoms with Gasteiger partial charge in [0.1, 0.15) is 5.82 Å². The molecule has 8 heteroatoms. The Balaban J connectivity index is 1.56. The van der Waals surface area contributed by atoms with Gasteiger partial charge in [0.2, 0.25) is 11.7 Å². The van der Waals surface area contributed by atoms with Gasteiger partial charge in [0, 0.05) is 11.8 Å². The van der Waals surface area contributed by atoms with Crippen molar-refractivity contribution in [2.24, 2.45) is 0 Å². The van der Waals surface area contributed by atoms with E-state index in [0.29, 0.717) is 33.6 Å². The summed E-state index contributed by atoms with van der Waals surface area (Å²) in [6, 6.07) is 20.7. The molecule has 5 aromatic rings. The molecule has 0 N–H and O–H groups in total. The summed E-state index contributed by atoms with van der Waals surface area (Å²) >= 11 is 1.38. The van der Waals surface area contributed by atoms with Gasteiger partial charge in [-0.1, -0.05) is 65.4 Å². The highest BCUT2D eigenvalue weighted by atomic mass is 32.2. The van der Waals surface area contributed by atoms with Crippen molar-refractivity contribution < 1.29 is 4.52 Å². The Morgan fingerprint density at radius 1 is 0.969 bits per heavy atom. The number of hydrogen-bond donors (Lipinski definition) is 0. The first-order valence-corrected chi connectivity index (χ1v) is 11.0. The van der Waals surface area contributed by atoms with E-state index in [1.54, 1.807) is 12.3 Å². The average Bonchev–Trinajstić information content (AvgIpc) is 3.32. The van der Waals surface area contributed by atoms with Crippen LogP contribution in [-0.4, -0.2) is 24.7 Å². The molecule has 0 bridgehead atoms. The van der Waals surface area contributed by atoms with Crippen LogP contribution in [0, 0.1) is 6.92 Å². The maximum absolute atomic E-state index is 13.4. The van der Waals surface area contributed by atoms with Crippen LogP contribution in [0.5, 0.6) is 0 Å². The van der Waals surface area contributed by atoms with E-state index in [2.05, 4.69) is 15.1 Å². The van der Waals surface area contributed by atoms with E-state index in [4.69, 9.17) is 9.51 Å². The van der Waals surface area contributed by atoms with Crippen molar-refractivity contribution in [1.82, 2.24) is 24.7 Å². The minimum absolute atomic E-state index is 0.169. The van der Waals surface area contributed by atoms with Crippen molar-refractivity contribution in [3.8, 4) is 17.2 Å². The predicted octanol–water partition coefficient (Wildman–Crippen LogP) is 4.99. The predicted molar refractivity (Wildman–Crippen MR) is 124 cm³/mol. The van der Waals surface area contributed by atoms with Crippen molar-refractivity contribution in [2.45, 2.75) is 24.3 Å². The Kier molecular flexibility index (Phi) is 5.28. The molecule has 0 saturated carbocycles. The zero-order valence-corrected chi connectivity index (χ0v) is 18.3. The molecule has 0 saturated heterocycles. The molecular formula is C24H19N5O2S. The SMILES string of the molecule is Cc1ccc(-n2c(SC(C)c3nc(-c4ccccc4)no3)nc3ccccc3c2=O)nc1. The van der Waals surface area contributed by atoms with Crippen LogP contribution in [0.1, 0.15) is 23.6 Å². The van der Waals surface area contributed by atoms with Crippen molar-refractivity contribution in [3.63, 3.8) is 0 Å². The van der Waals surface area contributed by atoms with Gasteiger partial charge in [-0.2, -0.15) is 4.98 Å². The van der Waals surface area contributed by atoms with Crippen LogP contribution in [-0.2, 0) is 0 Å². The first kappa shape index (κ1) is 20.1. The fourth-order valence-corrected chi connectivity index (χ4v) is 4.24.